The average molecular weight is 256 g/mol. The quantitative estimate of drug-likeness (QED) is 0.412. The van der Waals surface area contributed by atoms with E-state index in [0.717, 1.165) is 28.7 Å². The summed E-state index contributed by atoms with van der Waals surface area (Å²) in [6, 6.07) is 5.49. The van der Waals surface area contributed by atoms with Crippen LogP contribution in [0, 0.1) is 0 Å². The first-order valence-electron chi connectivity index (χ1n) is 5.94. The first-order valence-corrected chi connectivity index (χ1v) is 5.94. The van der Waals surface area contributed by atoms with Crippen LogP contribution in [0.3, 0.4) is 0 Å². The van der Waals surface area contributed by atoms with Gasteiger partial charge in [-0.05, 0) is 12.1 Å². The lowest BCUT2D eigenvalue weighted by molar-refractivity contribution is -0.604. The molecule has 19 heavy (non-hydrogen) atoms. The van der Waals surface area contributed by atoms with Gasteiger partial charge in [-0.3, -0.25) is 4.79 Å². The number of rotatable bonds is 1. The zero-order valence-corrected chi connectivity index (χ0v) is 10.2. The van der Waals surface area contributed by atoms with Gasteiger partial charge in [0.2, 0.25) is 0 Å². The third-order valence-electron chi connectivity index (χ3n) is 3.14. The Hall–Kier alpha value is -2.60. The van der Waals surface area contributed by atoms with E-state index in [4.69, 9.17) is 11.5 Å². The van der Waals surface area contributed by atoms with E-state index in [2.05, 4.69) is 15.3 Å². The van der Waals surface area contributed by atoms with Gasteiger partial charge in [0.1, 0.15) is 6.54 Å². The average Bonchev–Trinajstić information content (AvgIpc) is 2.76. The molecule has 96 valence electrons. The molecule has 1 aromatic carbocycles. The maximum Gasteiger partial charge on any atom is 0.280 e. The van der Waals surface area contributed by atoms with Crippen LogP contribution >= 0.6 is 0 Å². The number of quaternary nitrogens is 1. The molecule has 6 heteroatoms. The molecule has 6 nitrogen and oxygen atoms in total. The second kappa shape index (κ2) is 4.25. The Balaban J connectivity index is 2.26. The number of aromatic nitrogens is 1. The van der Waals surface area contributed by atoms with E-state index >= 15 is 0 Å². The van der Waals surface area contributed by atoms with Crippen LogP contribution in [-0.2, 0) is 6.54 Å². The van der Waals surface area contributed by atoms with Crippen molar-refractivity contribution >= 4 is 28.8 Å². The number of hydrogen-bond donors (Lipinski definition) is 4. The Labute approximate surface area is 109 Å². The standard InChI is InChI=1S/C13H13N5O/c14-13(15)18-12(19)7-2-1-3-10-11(7)8-6-16-5-4-9(8)17-10/h1-5,16-17H,6H2,(H4,14,15,18,19)/p+1. The van der Waals surface area contributed by atoms with Gasteiger partial charge in [0.25, 0.3) is 5.91 Å². The summed E-state index contributed by atoms with van der Waals surface area (Å²) in [5.74, 6) is -0.639. The Morgan fingerprint density at radius 3 is 3.00 bits per heavy atom. The Morgan fingerprint density at radius 2 is 2.21 bits per heavy atom. The molecule has 0 saturated carbocycles. The molecular formula is C13H14N5O+. The Kier molecular flexibility index (Phi) is 2.57. The maximum absolute atomic E-state index is 12.1. The number of fused-ring (bicyclic) bond motifs is 3. The van der Waals surface area contributed by atoms with Crippen LogP contribution < -0.4 is 16.8 Å². The lowest BCUT2D eigenvalue weighted by Crippen LogP contribution is -2.76. The van der Waals surface area contributed by atoms with Gasteiger partial charge in [-0.1, -0.05) is 6.07 Å². The van der Waals surface area contributed by atoms with Crippen LogP contribution in [0.25, 0.3) is 17.0 Å². The molecule has 1 amide bonds. The Bertz CT molecular complexity index is 722. The summed E-state index contributed by atoms with van der Waals surface area (Å²) < 4.78 is 0. The van der Waals surface area contributed by atoms with Crippen LogP contribution in [0.5, 0.6) is 0 Å². The number of aromatic amines is 1. The number of aliphatic imine (C=N–C) groups is 1. The summed E-state index contributed by atoms with van der Waals surface area (Å²) in [4.78, 5) is 19.0. The highest BCUT2D eigenvalue weighted by Gasteiger charge is 2.19. The molecule has 2 aromatic rings. The van der Waals surface area contributed by atoms with Crippen molar-refractivity contribution in [2.45, 2.75) is 6.54 Å². The van der Waals surface area contributed by atoms with Gasteiger partial charge in [-0.2, -0.15) is 4.99 Å². The third kappa shape index (κ3) is 1.88. The number of nitrogens with zero attached hydrogens (tertiary/aromatic N) is 1. The van der Waals surface area contributed by atoms with E-state index in [-0.39, 0.29) is 5.96 Å². The van der Waals surface area contributed by atoms with Gasteiger partial charge in [0.05, 0.1) is 17.5 Å². The molecule has 1 aromatic heterocycles. The number of hydrogen-bond acceptors (Lipinski definition) is 1. The van der Waals surface area contributed by atoms with E-state index in [9.17, 15) is 4.79 Å². The smallest absolute Gasteiger partial charge is 0.280 e. The summed E-state index contributed by atoms with van der Waals surface area (Å²) in [6.45, 7) is 0.790. The van der Waals surface area contributed by atoms with E-state index in [1.165, 1.54) is 0 Å². The fourth-order valence-electron chi connectivity index (χ4n) is 2.40. The second-order valence-corrected chi connectivity index (χ2v) is 4.39. The van der Waals surface area contributed by atoms with Crippen LogP contribution in [0.15, 0.2) is 29.4 Å². The molecule has 0 aliphatic carbocycles. The predicted octanol–water partition coefficient (Wildman–Crippen LogP) is -0.371. The minimum Gasteiger partial charge on any atom is -0.370 e. The molecule has 2 heterocycles. The van der Waals surface area contributed by atoms with Gasteiger partial charge in [-0.25, -0.2) is 0 Å². The molecule has 7 N–H and O–H groups in total. The molecule has 0 bridgehead atoms. The fourth-order valence-corrected chi connectivity index (χ4v) is 2.40. The topological polar surface area (TPSA) is 114 Å². The largest absolute Gasteiger partial charge is 0.370 e. The van der Waals surface area contributed by atoms with Gasteiger partial charge >= 0.3 is 0 Å². The summed E-state index contributed by atoms with van der Waals surface area (Å²) in [5.41, 5.74) is 14.1. The zero-order valence-electron chi connectivity index (χ0n) is 10.2. The van der Waals surface area contributed by atoms with Gasteiger partial charge in [-0.15, -0.1) is 0 Å². The molecule has 1 aliphatic rings. The van der Waals surface area contributed by atoms with Crippen molar-refractivity contribution in [2.24, 2.45) is 16.5 Å². The number of benzene rings is 1. The number of guanidine groups is 1. The number of nitrogens with one attached hydrogen (secondary N) is 1. The fraction of sp³-hybridized carbons (Fsp3) is 0.0769. The lowest BCUT2D eigenvalue weighted by atomic mass is 10.0. The molecule has 0 unspecified atom stereocenters. The van der Waals surface area contributed by atoms with Crippen molar-refractivity contribution in [3.8, 4) is 0 Å². The lowest BCUT2D eigenvalue weighted by Gasteiger charge is -2.05. The highest BCUT2D eigenvalue weighted by atomic mass is 16.1. The molecular weight excluding hydrogens is 242 g/mol. The van der Waals surface area contributed by atoms with Crippen LogP contribution in [0.1, 0.15) is 21.6 Å². The predicted molar refractivity (Wildman–Crippen MR) is 73.1 cm³/mol. The van der Waals surface area contributed by atoms with Gasteiger partial charge in [0, 0.05) is 22.5 Å². The summed E-state index contributed by atoms with van der Waals surface area (Å²) in [7, 11) is 0. The van der Waals surface area contributed by atoms with Crippen molar-refractivity contribution < 1.29 is 10.1 Å². The van der Waals surface area contributed by atoms with Crippen LogP contribution in [0.4, 0.5) is 0 Å². The normalized spacial score (nSPS) is 13.3. The number of H-pyrrole nitrogens is 1. The van der Waals surface area contributed by atoms with Crippen molar-refractivity contribution in [1.29, 1.82) is 0 Å². The molecule has 0 radical (unpaired) electrons. The number of nitrogens with two attached hydrogens (primary N) is 3. The highest BCUT2D eigenvalue weighted by molar-refractivity contribution is 6.11. The van der Waals surface area contributed by atoms with Crippen molar-refractivity contribution in [2.75, 3.05) is 0 Å². The molecule has 0 saturated heterocycles. The first kappa shape index (κ1) is 11.5. The third-order valence-corrected chi connectivity index (χ3v) is 3.14. The summed E-state index contributed by atoms with van der Waals surface area (Å²) in [5, 5.41) is 2.95. The van der Waals surface area contributed by atoms with E-state index in [0.29, 0.717) is 5.56 Å². The SMILES string of the molecule is NC(N)=NC(=O)c1cccc2[nH]c3c(c12)C[NH2+]C=C3. The maximum atomic E-state index is 12.1. The van der Waals surface area contributed by atoms with Crippen LogP contribution in [0.2, 0.25) is 0 Å². The Morgan fingerprint density at radius 1 is 1.37 bits per heavy atom. The highest BCUT2D eigenvalue weighted by Crippen LogP contribution is 2.27. The van der Waals surface area contributed by atoms with Crippen molar-refractivity contribution in [1.82, 2.24) is 4.98 Å². The van der Waals surface area contributed by atoms with Crippen LogP contribution in [-0.4, -0.2) is 16.9 Å². The van der Waals surface area contributed by atoms with E-state index < -0.39 is 5.91 Å². The zero-order chi connectivity index (χ0) is 13.4. The van der Waals surface area contributed by atoms with Gasteiger partial charge < -0.3 is 21.8 Å². The summed E-state index contributed by atoms with van der Waals surface area (Å²) >= 11 is 0. The first-order chi connectivity index (χ1) is 9.16. The number of carbonyl (C=O) groups is 1. The minimum absolute atomic E-state index is 0.224. The second-order valence-electron chi connectivity index (χ2n) is 4.39. The van der Waals surface area contributed by atoms with Crippen molar-refractivity contribution in [3.05, 3.63) is 41.2 Å². The molecule has 0 spiro atoms. The van der Waals surface area contributed by atoms with E-state index in [1.807, 2.05) is 24.4 Å². The molecule has 3 rings (SSSR count). The van der Waals surface area contributed by atoms with E-state index in [1.54, 1.807) is 6.07 Å². The minimum atomic E-state index is -0.415. The molecule has 0 fully saturated rings. The molecule has 0 atom stereocenters. The summed E-state index contributed by atoms with van der Waals surface area (Å²) in [6.07, 6.45) is 3.99. The van der Waals surface area contributed by atoms with Gasteiger partial charge in [0.15, 0.2) is 5.96 Å². The number of carbonyl (C=O) groups excluding carboxylic acids is 1. The molecule has 1 aliphatic heterocycles. The van der Waals surface area contributed by atoms with Crippen molar-refractivity contribution in [3.63, 3.8) is 0 Å². The monoisotopic (exact) mass is 256 g/mol. The number of amides is 1.